The van der Waals surface area contributed by atoms with Crippen LogP contribution in [0.5, 0.6) is 5.75 Å². The Hall–Kier alpha value is -2.85. The Morgan fingerprint density at radius 3 is 2.46 bits per heavy atom. The highest BCUT2D eigenvalue weighted by Gasteiger charge is 2.27. The quantitative estimate of drug-likeness (QED) is 0.662. The molecule has 26 heavy (non-hydrogen) atoms. The van der Waals surface area contributed by atoms with Crippen molar-refractivity contribution in [1.82, 2.24) is 9.88 Å². The van der Waals surface area contributed by atoms with Crippen LogP contribution in [-0.4, -0.2) is 29.9 Å². The molecule has 1 atom stereocenters. The number of carbonyl (C=O) groups is 1. The van der Waals surface area contributed by atoms with Crippen LogP contribution in [0.2, 0.25) is 5.02 Å². The SMILES string of the molecule is COc1ccc(Cl)cc1C(=O)N(C)C(c1ccccc1)c1ccccn1. The summed E-state index contributed by atoms with van der Waals surface area (Å²) < 4.78 is 5.34. The maximum absolute atomic E-state index is 13.2. The van der Waals surface area contributed by atoms with E-state index in [4.69, 9.17) is 16.3 Å². The molecule has 0 spiro atoms. The Morgan fingerprint density at radius 2 is 1.81 bits per heavy atom. The number of methoxy groups -OCH3 is 1. The maximum atomic E-state index is 13.2. The Morgan fingerprint density at radius 1 is 1.08 bits per heavy atom. The minimum Gasteiger partial charge on any atom is -0.496 e. The first-order valence-electron chi connectivity index (χ1n) is 8.18. The first kappa shape index (κ1) is 18.0. The smallest absolute Gasteiger partial charge is 0.258 e. The third kappa shape index (κ3) is 3.70. The summed E-state index contributed by atoms with van der Waals surface area (Å²) in [4.78, 5) is 19.3. The van der Waals surface area contributed by atoms with Gasteiger partial charge in [-0.3, -0.25) is 9.78 Å². The largest absolute Gasteiger partial charge is 0.496 e. The molecule has 0 radical (unpaired) electrons. The minimum atomic E-state index is -0.325. The van der Waals surface area contributed by atoms with Gasteiger partial charge in [-0.15, -0.1) is 0 Å². The number of ether oxygens (including phenoxy) is 1. The first-order valence-corrected chi connectivity index (χ1v) is 8.56. The monoisotopic (exact) mass is 366 g/mol. The lowest BCUT2D eigenvalue weighted by molar-refractivity contribution is 0.0749. The fourth-order valence-electron chi connectivity index (χ4n) is 2.92. The van der Waals surface area contributed by atoms with Crippen molar-refractivity contribution in [2.24, 2.45) is 0 Å². The van der Waals surface area contributed by atoms with E-state index in [-0.39, 0.29) is 11.9 Å². The fraction of sp³-hybridized carbons (Fsp3) is 0.143. The predicted octanol–water partition coefficient (Wildman–Crippen LogP) is 4.61. The number of amides is 1. The van der Waals surface area contributed by atoms with Crippen LogP contribution in [-0.2, 0) is 0 Å². The minimum absolute atomic E-state index is 0.191. The average Bonchev–Trinajstić information content (AvgIpc) is 2.69. The molecule has 3 rings (SSSR count). The van der Waals surface area contributed by atoms with Crippen LogP contribution in [0.3, 0.4) is 0 Å². The molecule has 1 unspecified atom stereocenters. The van der Waals surface area contributed by atoms with Crippen LogP contribution in [0.15, 0.2) is 72.9 Å². The number of halogens is 1. The number of hydrogen-bond acceptors (Lipinski definition) is 3. The van der Waals surface area contributed by atoms with Gasteiger partial charge in [-0.05, 0) is 35.9 Å². The van der Waals surface area contributed by atoms with Crippen LogP contribution in [0.1, 0.15) is 27.7 Å². The van der Waals surface area contributed by atoms with Crippen molar-refractivity contribution in [2.45, 2.75) is 6.04 Å². The molecule has 0 N–H and O–H groups in total. The van der Waals surface area contributed by atoms with Crippen LogP contribution >= 0.6 is 11.6 Å². The van der Waals surface area contributed by atoms with Crippen molar-refractivity contribution in [2.75, 3.05) is 14.2 Å². The number of hydrogen-bond donors (Lipinski definition) is 0. The summed E-state index contributed by atoms with van der Waals surface area (Å²) in [6, 6.07) is 20.2. The molecule has 0 aliphatic rings. The van der Waals surface area contributed by atoms with E-state index in [0.717, 1.165) is 11.3 Å². The molecule has 0 saturated heterocycles. The molecule has 132 valence electrons. The van der Waals surface area contributed by atoms with Crippen molar-refractivity contribution in [1.29, 1.82) is 0 Å². The summed E-state index contributed by atoms with van der Waals surface area (Å²) in [6.45, 7) is 0. The predicted molar refractivity (Wildman–Crippen MR) is 103 cm³/mol. The van der Waals surface area contributed by atoms with Crippen molar-refractivity contribution >= 4 is 17.5 Å². The van der Waals surface area contributed by atoms with E-state index >= 15 is 0 Å². The van der Waals surface area contributed by atoms with Crippen LogP contribution in [0.25, 0.3) is 0 Å². The summed E-state index contributed by atoms with van der Waals surface area (Å²) >= 11 is 6.10. The van der Waals surface area contributed by atoms with Crippen molar-refractivity contribution in [3.63, 3.8) is 0 Å². The van der Waals surface area contributed by atoms with Crippen LogP contribution < -0.4 is 4.74 Å². The Kier molecular flexibility index (Phi) is 5.54. The molecule has 0 fully saturated rings. The van der Waals surface area contributed by atoms with Gasteiger partial charge in [0.15, 0.2) is 0 Å². The molecule has 4 nitrogen and oxygen atoms in total. The van der Waals surface area contributed by atoms with Crippen molar-refractivity contribution in [3.8, 4) is 5.75 Å². The molecule has 1 aromatic heterocycles. The van der Waals surface area contributed by atoms with Crippen molar-refractivity contribution < 1.29 is 9.53 Å². The number of aromatic nitrogens is 1. The second kappa shape index (κ2) is 8.02. The third-order valence-electron chi connectivity index (χ3n) is 4.18. The number of pyridine rings is 1. The molecule has 1 heterocycles. The van der Waals surface area contributed by atoms with Gasteiger partial charge in [0.1, 0.15) is 5.75 Å². The molecular weight excluding hydrogens is 348 g/mol. The zero-order chi connectivity index (χ0) is 18.5. The van der Waals surface area contributed by atoms with E-state index < -0.39 is 0 Å². The second-order valence-electron chi connectivity index (χ2n) is 5.83. The van der Waals surface area contributed by atoms with Gasteiger partial charge in [0.2, 0.25) is 0 Å². The third-order valence-corrected chi connectivity index (χ3v) is 4.42. The van der Waals surface area contributed by atoms with Gasteiger partial charge in [0.25, 0.3) is 5.91 Å². The van der Waals surface area contributed by atoms with E-state index in [1.807, 2.05) is 48.5 Å². The van der Waals surface area contributed by atoms with Gasteiger partial charge in [0.05, 0.1) is 24.4 Å². The molecule has 0 aliphatic heterocycles. The highest BCUT2D eigenvalue weighted by atomic mass is 35.5. The van der Waals surface area contributed by atoms with E-state index in [1.54, 1.807) is 36.3 Å². The molecule has 0 aliphatic carbocycles. The zero-order valence-electron chi connectivity index (χ0n) is 14.6. The second-order valence-corrected chi connectivity index (χ2v) is 6.26. The summed E-state index contributed by atoms with van der Waals surface area (Å²) in [5.41, 5.74) is 2.18. The van der Waals surface area contributed by atoms with Crippen molar-refractivity contribution in [3.05, 3.63) is 94.8 Å². The van der Waals surface area contributed by atoms with E-state index in [9.17, 15) is 4.79 Å². The summed E-state index contributed by atoms with van der Waals surface area (Å²) in [5, 5.41) is 0.483. The number of rotatable bonds is 5. The molecule has 1 amide bonds. The highest BCUT2D eigenvalue weighted by molar-refractivity contribution is 6.31. The topological polar surface area (TPSA) is 42.4 Å². The Bertz CT molecular complexity index is 846. The summed E-state index contributed by atoms with van der Waals surface area (Å²) in [6.07, 6.45) is 1.73. The molecule has 5 heteroatoms. The Labute approximate surface area is 158 Å². The molecule has 3 aromatic rings. The molecule has 0 bridgehead atoms. The highest BCUT2D eigenvalue weighted by Crippen LogP contribution is 2.30. The normalized spacial score (nSPS) is 11.7. The van der Waals surface area contributed by atoms with Gasteiger partial charge in [-0.25, -0.2) is 0 Å². The Balaban J connectivity index is 2.05. The molecule has 2 aromatic carbocycles. The van der Waals surface area contributed by atoms with E-state index in [0.29, 0.717) is 16.3 Å². The van der Waals surface area contributed by atoms with Gasteiger partial charge in [-0.2, -0.15) is 0 Å². The number of benzene rings is 2. The first-order chi connectivity index (χ1) is 12.6. The van der Waals surface area contributed by atoms with Gasteiger partial charge < -0.3 is 9.64 Å². The van der Waals surface area contributed by atoms with E-state index in [1.165, 1.54) is 7.11 Å². The van der Waals surface area contributed by atoms with Crippen LogP contribution in [0, 0.1) is 0 Å². The number of carbonyl (C=O) groups excluding carboxylic acids is 1. The standard InChI is InChI=1S/C21H19ClN2O2/c1-24(21(25)17-14-16(22)11-12-19(17)26-2)20(15-8-4-3-5-9-15)18-10-6-7-13-23-18/h3-14,20H,1-2H3. The van der Waals surface area contributed by atoms with Gasteiger partial charge >= 0.3 is 0 Å². The molecule has 0 saturated carbocycles. The average molecular weight is 367 g/mol. The molecular formula is C21H19ClN2O2. The lowest BCUT2D eigenvalue weighted by Crippen LogP contribution is -2.32. The van der Waals surface area contributed by atoms with Gasteiger partial charge in [0, 0.05) is 18.3 Å². The number of nitrogens with zero attached hydrogens (tertiary/aromatic N) is 2. The van der Waals surface area contributed by atoms with Gasteiger partial charge in [-0.1, -0.05) is 48.0 Å². The van der Waals surface area contributed by atoms with Crippen LogP contribution in [0.4, 0.5) is 0 Å². The summed E-state index contributed by atoms with van der Waals surface area (Å²) in [5.74, 6) is 0.294. The lowest BCUT2D eigenvalue weighted by Gasteiger charge is -2.29. The fourth-order valence-corrected chi connectivity index (χ4v) is 3.09. The summed E-state index contributed by atoms with van der Waals surface area (Å²) in [7, 11) is 3.29. The maximum Gasteiger partial charge on any atom is 0.258 e. The zero-order valence-corrected chi connectivity index (χ0v) is 15.4. The lowest BCUT2D eigenvalue weighted by atomic mass is 10.0. The van der Waals surface area contributed by atoms with E-state index in [2.05, 4.69) is 4.98 Å².